The van der Waals surface area contributed by atoms with E-state index < -0.39 is 39.3 Å². The van der Waals surface area contributed by atoms with E-state index in [2.05, 4.69) is 4.98 Å². The number of halogens is 1. The number of amides is 1. The van der Waals surface area contributed by atoms with E-state index in [0.717, 1.165) is 44.6 Å². The number of ether oxygens (including phenoxy) is 1. The number of fused-ring (bicyclic) bond motifs is 5. The second-order valence-electron chi connectivity index (χ2n) is 10.4. The predicted octanol–water partition coefficient (Wildman–Crippen LogP) is 6.82. The van der Waals surface area contributed by atoms with Crippen molar-refractivity contribution in [3.05, 3.63) is 132 Å². The fourth-order valence-corrected chi connectivity index (χ4v) is 6.42. The van der Waals surface area contributed by atoms with Gasteiger partial charge in [0.1, 0.15) is 18.5 Å². The Hall–Kier alpha value is -5.19. The number of hydrogen-bond acceptors (Lipinski definition) is 7. The summed E-state index contributed by atoms with van der Waals surface area (Å²) in [7, 11) is -4.99. The summed E-state index contributed by atoms with van der Waals surface area (Å²) in [6.07, 6.45) is -0.661. The molecular weight excluding hydrogens is 583 g/mol. The van der Waals surface area contributed by atoms with Crippen LogP contribution in [-0.2, 0) is 30.4 Å². The van der Waals surface area contributed by atoms with Crippen LogP contribution >= 0.6 is 0 Å². The van der Waals surface area contributed by atoms with Gasteiger partial charge >= 0.3 is 15.4 Å². The average Bonchev–Trinajstić information content (AvgIpc) is 3.05. The molecule has 0 saturated carbocycles. The molecule has 10 heteroatoms. The number of aromatic nitrogens is 1. The van der Waals surface area contributed by atoms with Crippen molar-refractivity contribution in [2.45, 2.75) is 18.8 Å². The van der Waals surface area contributed by atoms with E-state index in [1.807, 2.05) is 66.7 Å². The number of nitrogens with zero attached hydrogens (tertiary/aromatic N) is 2. The summed E-state index contributed by atoms with van der Waals surface area (Å²) in [6.45, 7) is -0.299. The van der Waals surface area contributed by atoms with Crippen LogP contribution in [-0.4, -0.2) is 30.7 Å². The molecule has 0 aliphatic carbocycles. The standard InChI is InChI=1S/C34H23FN2O6S/c35-23-15-17-29(36-19-23)31-32(43-44(40,41)34(39)42-20-21-8-2-1-3-9-21)33(38)37(31)30-18-28-24-11-5-4-10-22(24)14-16-26(28)25-12-6-7-13-27(25)30/h1-19,31-32H,20H2/t31-,32-/m0/s1. The minimum atomic E-state index is -4.99. The summed E-state index contributed by atoms with van der Waals surface area (Å²) in [5.41, 5.74) is 1.26. The maximum atomic E-state index is 13.9. The summed E-state index contributed by atoms with van der Waals surface area (Å²) >= 11 is 0. The van der Waals surface area contributed by atoms with E-state index in [0.29, 0.717) is 11.3 Å². The Balaban J connectivity index is 1.30. The van der Waals surface area contributed by atoms with Gasteiger partial charge in [0, 0.05) is 5.39 Å². The van der Waals surface area contributed by atoms with Crippen molar-refractivity contribution in [1.82, 2.24) is 4.98 Å². The molecule has 44 heavy (non-hydrogen) atoms. The van der Waals surface area contributed by atoms with Gasteiger partial charge < -0.3 is 4.74 Å². The van der Waals surface area contributed by atoms with Gasteiger partial charge in [0.15, 0.2) is 6.10 Å². The first kappa shape index (κ1) is 27.6. The molecule has 0 bridgehead atoms. The Labute approximate surface area is 251 Å². The van der Waals surface area contributed by atoms with Crippen LogP contribution in [0, 0.1) is 5.82 Å². The normalized spacial score (nSPS) is 16.8. The molecule has 1 aliphatic rings. The lowest BCUT2D eigenvalue weighted by Crippen LogP contribution is -2.61. The van der Waals surface area contributed by atoms with E-state index in [9.17, 15) is 22.4 Å². The Kier molecular flexibility index (Phi) is 6.80. The SMILES string of the molecule is O=C1[C@@H](OS(=O)(=O)C(=O)OCc2ccccc2)[C@H](c2ccc(F)cn2)N1c1cc2c3ccccc3ccc2c2ccccc12. The number of carbonyl (C=O) groups is 2. The van der Waals surface area contributed by atoms with E-state index in [1.165, 1.54) is 11.0 Å². The van der Waals surface area contributed by atoms with Gasteiger partial charge in [-0.2, -0.15) is 8.42 Å². The van der Waals surface area contributed by atoms with Crippen LogP contribution in [0.2, 0.25) is 0 Å². The van der Waals surface area contributed by atoms with Gasteiger partial charge in [-0.05, 0) is 50.7 Å². The minimum Gasteiger partial charge on any atom is -0.448 e. The highest BCUT2D eigenvalue weighted by atomic mass is 32.2. The zero-order chi connectivity index (χ0) is 30.4. The number of rotatable bonds is 6. The number of carbonyl (C=O) groups excluding carboxylic acids is 2. The van der Waals surface area contributed by atoms with E-state index in [-0.39, 0.29) is 12.3 Å². The third kappa shape index (κ3) is 4.74. The topological polar surface area (TPSA) is 103 Å². The summed E-state index contributed by atoms with van der Waals surface area (Å²) in [6, 6.07) is 31.3. The molecule has 6 aromatic rings. The first-order chi connectivity index (χ1) is 21.3. The van der Waals surface area contributed by atoms with E-state index in [1.54, 1.807) is 30.3 Å². The molecule has 1 aromatic heterocycles. The third-order valence-electron chi connectivity index (χ3n) is 7.74. The van der Waals surface area contributed by atoms with E-state index in [4.69, 9.17) is 8.92 Å². The fourth-order valence-electron chi connectivity index (χ4n) is 5.68. The van der Waals surface area contributed by atoms with Crippen molar-refractivity contribution in [2.75, 3.05) is 4.90 Å². The lowest BCUT2D eigenvalue weighted by atomic mass is 9.90. The molecule has 7 rings (SSSR count). The van der Waals surface area contributed by atoms with Crippen LogP contribution in [0.15, 0.2) is 115 Å². The molecule has 1 aliphatic heterocycles. The summed E-state index contributed by atoms with van der Waals surface area (Å²) in [5.74, 6) is -1.31. The van der Waals surface area contributed by atoms with Crippen molar-refractivity contribution in [3.63, 3.8) is 0 Å². The summed E-state index contributed by atoms with van der Waals surface area (Å²) < 4.78 is 50.0. The molecule has 5 aromatic carbocycles. The number of pyridine rings is 1. The quantitative estimate of drug-likeness (QED) is 0.0887. The molecule has 1 saturated heterocycles. The molecule has 1 fully saturated rings. The Morgan fingerprint density at radius 2 is 1.48 bits per heavy atom. The van der Waals surface area contributed by atoms with Gasteiger partial charge in [0.05, 0.1) is 17.6 Å². The van der Waals surface area contributed by atoms with Crippen LogP contribution in [0.25, 0.3) is 32.3 Å². The van der Waals surface area contributed by atoms with Crippen molar-refractivity contribution >= 4 is 59.3 Å². The lowest BCUT2D eigenvalue weighted by Gasteiger charge is -2.45. The molecule has 1 amide bonds. The van der Waals surface area contributed by atoms with Crippen LogP contribution in [0.1, 0.15) is 17.3 Å². The second-order valence-corrected chi connectivity index (χ2v) is 11.8. The Morgan fingerprint density at radius 1 is 0.795 bits per heavy atom. The predicted molar refractivity (Wildman–Crippen MR) is 164 cm³/mol. The molecule has 8 nitrogen and oxygen atoms in total. The Morgan fingerprint density at radius 3 is 2.23 bits per heavy atom. The molecule has 0 radical (unpaired) electrons. The van der Waals surface area contributed by atoms with Crippen molar-refractivity contribution < 1.29 is 31.3 Å². The summed E-state index contributed by atoms with van der Waals surface area (Å²) in [4.78, 5) is 31.9. The first-order valence-corrected chi connectivity index (χ1v) is 15.1. The zero-order valence-corrected chi connectivity index (χ0v) is 23.8. The van der Waals surface area contributed by atoms with Crippen molar-refractivity contribution in [1.29, 1.82) is 0 Å². The lowest BCUT2D eigenvalue weighted by molar-refractivity contribution is -0.134. The van der Waals surface area contributed by atoms with Crippen LogP contribution in [0.4, 0.5) is 14.9 Å². The van der Waals surface area contributed by atoms with Crippen molar-refractivity contribution in [2.24, 2.45) is 0 Å². The Bertz CT molecular complexity index is 2190. The minimum absolute atomic E-state index is 0.186. The highest BCUT2D eigenvalue weighted by Gasteiger charge is 2.54. The molecular formula is C34H23FN2O6S. The highest BCUT2D eigenvalue weighted by molar-refractivity contribution is 8.01. The van der Waals surface area contributed by atoms with Crippen LogP contribution in [0.5, 0.6) is 0 Å². The van der Waals surface area contributed by atoms with Gasteiger partial charge in [0.2, 0.25) is 0 Å². The smallest absolute Gasteiger partial charge is 0.448 e. The molecule has 0 spiro atoms. The first-order valence-electron chi connectivity index (χ1n) is 13.7. The van der Waals surface area contributed by atoms with Gasteiger partial charge in [-0.1, -0.05) is 91.0 Å². The second kappa shape index (κ2) is 10.8. The van der Waals surface area contributed by atoms with Crippen LogP contribution in [0.3, 0.4) is 0 Å². The third-order valence-corrected chi connectivity index (χ3v) is 8.72. The van der Waals surface area contributed by atoms with Gasteiger partial charge in [0.25, 0.3) is 5.91 Å². The van der Waals surface area contributed by atoms with Crippen LogP contribution < -0.4 is 4.90 Å². The largest absolute Gasteiger partial charge is 0.452 e. The maximum Gasteiger partial charge on any atom is 0.452 e. The molecule has 0 N–H and O–H groups in total. The summed E-state index contributed by atoms with van der Waals surface area (Å²) in [5, 5.41) is 3.83. The van der Waals surface area contributed by atoms with E-state index >= 15 is 0 Å². The average molecular weight is 607 g/mol. The van der Waals surface area contributed by atoms with Gasteiger partial charge in [-0.25, -0.2) is 13.4 Å². The number of benzene rings is 5. The fraction of sp³-hybridized carbons (Fsp3) is 0.0882. The van der Waals surface area contributed by atoms with Gasteiger partial charge in [-0.3, -0.25) is 14.7 Å². The molecule has 2 atom stereocenters. The maximum absolute atomic E-state index is 13.9. The number of β-lactam (4-membered cyclic amide) rings is 1. The number of hydrogen-bond donors (Lipinski definition) is 0. The molecule has 0 unspecified atom stereocenters. The molecule has 218 valence electrons. The highest BCUT2D eigenvalue weighted by Crippen LogP contribution is 2.46. The number of anilines is 1. The van der Waals surface area contributed by atoms with Crippen molar-refractivity contribution in [3.8, 4) is 0 Å². The monoisotopic (exact) mass is 606 g/mol. The van der Waals surface area contributed by atoms with Gasteiger partial charge in [-0.15, -0.1) is 0 Å². The zero-order valence-electron chi connectivity index (χ0n) is 23.0. The molecule has 2 heterocycles.